The fourth-order valence-electron chi connectivity index (χ4n) is 1.16. The normalized spacial score (nSPS) is 12.5. The smallest absolute Gasteiger partial charge is 0.486 e. The van der Waals surface area contributed by atoms with Gasteiger partial charge in [0.05, 0.1) is 0 Å². The van der Waals surface area contributed by atoms with Gasteiger partial charge in [-0.2, -0.15) is 0 Å². The van der Waals surface area contributed by atoms with Crippen molar-refractivity contribution in [2.45, 2.75) is 19.9 Å². The molecule has 8 heteroatoms. The summed E-state index contributed by atoms with van der Waals surface area (Å²) in [5.74, 6) is -0.0243. The van der Waals surface area contributed by atoms with E-state index in [2.05, 4.69) is 16.5 Å². The summed E-state index contributed by atoms with van der Waals surface area (Å²) in [5, 5.41) is 3.42. The van der Waals surface area contributed by atoms with Gasteiger partial charge in [-0.05, 0) is 25.2 Å². The first-order chi connectivity index (χ1) is 9.84. The summed E-state index contributed by atoms with van der Waals surface area (Å²) in [6.45, 7) is 4.83. The first-order valence-corrected chi connectivity index (χ1v) is 5.66. The number of hydrogen-bond donors (Lipinski definition) is 0. The van der Waals surface area contributed by atoms with Crippen LogP contribution in [0, 0.1) is 0 Å². The lowest BCUT2D eigenvalue weighted by atomic mass is 10.3. The third-order valence-corrected chi connectivity index (χ3v) is 2.05. The van der Waals surface area contributed by atoms with Crippen molar-refractivity contribution in [3.05, 3.63) is 53.8 Å². The third kappa shape index (κ3) is 6.46. The molecule has 21 heavy (non-hydrogen) atoms. The zero-order chi connectivity index (χ0) is 15.9. The van der Waals surface area contributed by atoms with Crippen molar-refractivity contribution in [1.82, 2.24) is 5.16 Å². The van der Waals surface area contributed by atoms with E-state index < -0.39 is 12.1 Å². The van der Waals surface area contributed by atoms with Gasteiger partial charge in [0.15, 0.2) is 12.0 Å². The summed E-state index contributed by atoms with van der Waals surface area (Å²) in [7, 11) is 0. The highest BCUT2D eigenvalue weighted by molar-refractivity contribution is 5.71. The van der Waals surface area contributed by atoms with Crippen LogP contribution in [0.4, 0.5) is 13.2 Å². The van der Waals surface area contributed by atoms with Gasteiger partial charge >= 0.3 is 6.36 Å². The molecule has 0 aliphatic heterocycles. The molecule has 0 radical (unpaired) electrons. The topological polar surface area (TPSA) is 61.6 Å². The third-order valence-electron chi connectivity index (χ3n) is 2.05. The number of carbonyl (C=O) groups excluding carboxylic acids is 1. The maximum atomic E-state index is 12.0. The molecule has 0 N–H and O–H groups in total. The molecule has 0 fully saturated rings. The second-order valence-corrected chi connectivity index (χ2v) is 3.66. The van der Waals surface area contributed by atoms with Crippen LogP contribution in [0.15, 0.2) is 46.9 Å². The van der Waals surface area contributed by atoms with E-state index in [9.17, 15) is 18.0 Å². The first-order valence-electron chi connectivity index (χ1n) is 5.66. The van der Waals surface area contributed by atoms with Gasteiger partial charge in [-0.15, -0.1) is 13.2 Å². The SMILES string of the molecule is C=C(/C=C\C(=C/C)OC(F)(F)F)OCc1cc(C=O)no1. The summed E-state index contributed by atoms with van der Waals surface area (Å²) >= 11 is 0. The number of nitrogens with zero attached hydrogens (tertiary/aromatic N) is 1. The highest BCUT2D eigenvalue weighted by Gasteiger charge is 2.31. The molecular formula is C13H12F3NO4. The van der Waals surface area contributed by atoms with E-state index in [1.807, 2.05) is 0 Å². The quantitative estimate of drug-likeness (QED) is 0.438. The molecule has 0 spiro atoms. The van der Waals surface area contributed by atoms with Crippen LogP contribution < -0.4 is 0 Å². The van der Waals surface area contributed by atoms with E-state index in [0.717, 1.165) is 12.2 Å². The number of carbonyl (C=O) groups is 1. The average molecular weight is 303 g/mol. The Morgan fingerprint density at radius 3 is 2.71 bits per heavy atom. The summed E-state index contributed by atoms with van der Waals surface area (Å²) in [4.78, 5) is 10.4. The Bertz CT molecular complexity index is 558. The fraction of sp³-hybridized carbons (Fsp3) is 0.231. The Morgan fingerprint density at radius 1 is 1.48 bits per heavy atom. The number of aldehydes is 1. The van der Waals surface area contributed by atoms with Crippen LogP contribution in [0.2, 0.25) is 0 Å². The molecule has 1 aromatic heterocycles. The van der Waals surface area contributed by atoms with Gasteiger partial charge in [0, 0.05) is 6.07 Å². The van der Waals surface area contributed by atoms with E-state index in [1.165, 1.54) is 19.1 Å². The Balaban J connectivity index is 2.48. The predicted molar refractivity (Wildman–Crippen MR) is 65.9 cm³/mol. The molecule has 5 nitrogen and oxygen atoms in total. The van der Waals surface area contributed by atoms with Gasteiger partial charge in [-0.1, -0.05) is 11.7 Å². The standard InChI is InChI=1S/C13H12F3NO4/c1-3-11(20-13(14,15)16)5-4-9(2)19-8-12-6-10(7-18)17-21-12/h3-7H,2,8H2,1H3/b5-4-,11-3+. The number of allylic oxidation sites excluding steroid dienone is 3. The molecule has 0 aliphatic carbocycles. The first kappa shape index (κ1) is 16.5. The number of rotatable bonds is 7. The minimum Gasteiger partial charge on any atom is -0.486 e. The van der Waals surface area contributed by atoms with Gasteiger partial charge in [0.25, 0.3) is 0 Å². The summed E-state index contributed by atoms with van der Waals surface area (Å²) < 4.78 is 49.7. The van der Waals surface area contributed by atoms with Crippen LogP contribution in [0.1, 0.15) is 23.2 Å². The van der Waals surface area contributed by atoms with Crippen LogP contribution in [0.3, 0.4) is 0 Å². The molecule has 1 aromatic rings. The molecule has 0 saturated heterocycles. The average Bonchev–Trinajstić information content (AvgIpc) is 2.87. The van der Waals surface area contributed by atoms with Crippen LogP contribution in [0.5, 0.6) is 0 Å². The number of aromatic nitrogens is 1. The Kier molecular flexibility index (Phi) is 5.77. The van der Waals surface area contributed by atoms with Crippen molar-refractivity contribution in [3.8, 4) is 0 Å². The molecule has 0 unspecified atom stereocenters. The minimum atomic E-state index is -4.76. The molecule has 1 heterocycles. The Hall–Kier alpha value is -2.51. The maximum absolute atomic E-state index is 12.0. The van der Waals surface area contributed by atoms with Crippen molar-refractivity contribution in [2.24, 2.45) is 0 Å². The number of alkyl halides is 3. The Morgan fingerprint density at radius 2 is 2.19 bits per heavy atom. The minimum absolute atomic E-state index is 0.0602. The number of hydrogen-bond acceptors (Lipinski definition) is 5. The van der Waals surface area contributed by atoms with Crippen molar-refractivity contribution < 1.29 is 32.0 Å². The van der Waals surface area contributed by atoms with Gasteiger partial charge in [0.1, 0.15) is 23.8 Å². The van der Waals surface area contributed by atoms with Crippen molar-refractivity contribution in [1.29, 1.82) is 0 Å². The molecule has 114 valence electrons. The van der Waals surface area contributed by atoms with Gasteiger partial charge in [0.2, 0.25) is 0 Å². The lowest BCUT2D eigenvalue weighted by molar-refractivity contribution is -0.303. The molecule has 0 aliphatic rings. The van der Waals surface area contributed by atoms with Crippen LogP contribution in [0.25, 0.3) is 0 Å². The number of ether oxygens (including phenoxy) is 2. The predicted octanol–water partition coefficient (Wildman–Crippen LogP) is 3.51. The van der Waals surface area contributed by atoms with Crippen molar-refractivity contribution in [3.63, 3.8) is 0 Å². The van der Waals surface area contributed by atoms with E-state index in [1.54, 1.807) is 0 Å². The van der Waals surface area contributed by atoms with Crippen LogP contribution >= 0.6 is 0 Å². The highest BCUT2D eigenvalue weighted by atomic mass is 19.4. The van der Waals surface area contributed by atoms with Gasteiger partial charge in [-0.3, -0.25) is 4.79 Å². The Labute approximate surface area is 118 Å². The maximum Gasteiger partial charge on any atom is 0.573 e. The molecule has 0 bridgehead atoms. The summed E-state index contributed by atoms with van der Waals surface area (Å²) in [6.07, 6.45) is -0.844. The zero-order valence-corrected chi connectivity index (χ0v) is 11.0. The van der Waals surface area contributed by atoms with Gasteiger partial charge < -0.3 is 14.0 Å². The van der Waals surface area contributed by atoms with E-state index in [4.69, 9.17) is 9.26 Å². The molecule has 1 rings (SSSR count). The van der Waals surface area contributed by atoms with E-state index in [0.29, 0.717) is 6.29 Å². The lowest BCUT2D eigenvalue weighted by Gasteiger charge is -2.09. The molecular weight excluding hydrogens is 291 g/mol. The largest absolute Gasteiger partial charge is 0.573 e. The molecule has 0 amide bonds. The highest BCUT2D eigenvalue weighted by Crippen LogP contribution is 2.21. The van der Waals surface area contributed by atoms with Gasteiger partial charge in [-0.25, -0.2) is 0 Å². The second kappa shape index (κ2) is 7.32. The second-order valence-electron chi connectivity index (χ2n) is 3.66. The molecule has 0 aromatic carbocycles. The van der Waals surface area contributed by atoms with E-state index in [-0.39, 0.29) is 23.8 Å². The van der Waals surface area contributed by atoms with Crippen molar-refractivity contribution in [2.75, 3.05) is 0 Å². The fourth-order valence-corrected chi connectivity index (χ4v) is 1.16. The summed E-state index contributed by atoms with van der Waals surface area (Å²) in [6, 6.07) is 1.37. The molecule has 0 saturated carbocycles. The van der Waals surface area contributed by atoms with Crippen molar-refractivity contribution >= 4 is 6.29 Å². The van der Waals surface area contributed by atoms with Crippen LogP contribution in [-0.4, -0.2) is 17.8 Å². The van der Waals surface area contributed by atoms with Crippen LogP contribution in [-0.2, 0) is 16.1 Å². The zero-order valence-electron chi connectivity index (χ0n) is 11.0. The summed E-state index contributed by atoms with van der Waals surface area (Å²) in [5.41, 5.74) is 0.115. The number of halogens is 3. The molecule has 0 atom stereocenters. The van der Waals surface area contributed by atoms with E-state index >= 15 is 0 Å². The lowest BCUT2D eigenvalue weighted by Crippen LogP contribution is -2.11. The monoisotopic (exact) mass is 303 g/mol.